The van der Waals surface area contributed by atoms with Crippen molar-refractivity contribution >= 4 is 44.9 Å². The minimum atomic E-state index is -0.127. The maximum atomic E-state index is 12.0. The number of rotatable bonds is 6. The van der Waals surface area contributed by atoms with Crippen molar-refractivity contribution in [1.29, 1.82) is 0 Å². The third-order valence-corrected chi connectivity index (χ3v) is 3.62. The number of hydrogen-bond acceptors (Lipinski definition) is 5. The third-order valence-electron chi connectivity index (χ3n) is 2.84. The Balaban J connectivity index is 1.85. The minimum Gasteiger partial charge on any atom is -0.383 e. The molecule has 0 unspecified atom stereocenters. The fraction of sp³-hybridized carbons (Fsp3) is 0.214. The van der Waals surface area contributed by atoms with Crippen LogP contribution in [0.4, 0.5) is 11.5 Å². The molecule has 3 N–H and O–H groups in total. The Hall–Kier alpha value is -1.86. The van der Waals surface area contributed by atoms with Crippen molar-refractivity contribution in [2.45, 2.75) is 0 Å². The second kappa shape index (κ2) is 7.95. The van der Waals surface area contributed by atoms with Crippen LogP contribution in [0.2, 0.25) is 5.15 Å². The molecule has 116 valence electrons. The molecular weight excluding hydrogens is 370 g/mol. The van der Waals surface area contributed by atoms with Gasteiger partial charge in [0.15, 0.2) is 11.0 Å². The number of hydrogen-bond donors (Lipinski definition) is 3. The van der Waals surface area contributed by atoms with Gasteiger partial charge < -0.3 is 16.0 Å². The molecule has 1 aromatic carbocycles. The highest BCUT2D eigenvalue weighted by Gasteiger charge is 2.08. The molecule has 0 atom stereocenters. The van der Waals surface area contributed by atoms with Crippen LogP contribution in [0.3, 0.4) is 0 Å². The summed E-state index contributed by atoms with van der Waals surface area (Å²) in [5, 5.41) is 9.21. The molecule has 0 aliphatic carbocycles. The van der Waals surface area contributed by atoms with Crippen LogP contribution >= 0.6 is 27.5 Å². The Bertz CT molecular complexity index is 667. The van der Waals surface area contributed by atoms with Gasteiger partial charge in [-0.1, -0.05) is 33.6 Å². The minimum absolute atomic E-state index is 0.127. The van der Waals surface area contributed by atoms with Crippen molar-refractivity contribution in [3.05, 3.63) is 45.8 Å². The number of carbonyl (C=O) groups excluding carboxylic acids is 1. The lowest BCUT2D eigenvalue weighted by Crippen LogP contribution is -2.29. The van der Waals surface area contributed by atoms with Crippen LogP contribution in [0, 0.1) is 0 Å². The predicted molar refractivity (Wildman–Crippen MR) is 91.6 cm³/mol. The fourth-order valence-electron chi connectivity index (χ4n) is 1.81. The van der Waals surface area contributed by atoms with Crippen molar-refractivity contribution < 1.29 is 4.79 Å². The van der Waals surface area contributed by atoms with Crippen LogP contribution in [-0.4, -0.2) is 36.0 Å². The molecule has 1 aromatic heterocycles. The molecule has 0 aliphatic heterocycles. The number of halogens is 2. The molecule has 0 spiro atoms. The maximum Gasteiger partial charge on any atom is 0.251 e. The van der Waals surface area contributed by atoms with E-state index in [1.54, 1.807) is 19.2 Å². The van der Waals surface area contributed by atoms with E-state index in [9.17, 15) is 4.79 Å². The molecule has 1 amide bonds. The zero-order valence-corrected chi connectivity index (χ0v) is 14.2. The first kappa shape index (κ1) is 16.5. The molecule has 1 heterocycles. The van der Waals surface area contributed by atoms with Crippen molar-refractivity contribution in [2.75, 3.05) is 30.8 Å². The Labute approximate surface area is 141 Å². The van der Waals surface area contributed by atoms with E-state index in [-0.39, 0.29) is 5.91 Å². The molecule has 0 radical (unpaired) electrons. The Morgan fingerprint density at radius 3 is 2.86 bits per heavy atom. The summed E-state index contributed by atoms with van der Waals surface area (Å²) < 4.78 is 0.868. The van der Waals surface area contributed by atoms with E-state index in [1.807, 2.05) is 12.1 Å². The average molecular weight is 385 g/mol. The van der Waals surface area contributed by atoms with Gasteiger partial charge in [0.2, 0.25) is 0 Å². The highest BCUT2D eigenvalue weighted by molar-refractivity contribution is 9.10. The third kappa shape index (κ3) is 4.32. The van der Waals surface area contributed by atoms with Crippen LogP contribution in [-0.2, 0) is 0 Å². The van der Waals surface area contributed by atoms with E-state index in [1.165, 1.54) is 6.33 Å². The van der Waals surface area contributed by atoms with Crippen LogP contribution in [0.5, 0.6) is 0 Å². The first-order valence-corrected chi connectivity index (χ1v) is 7.75. The molecule has 2 aromatic rings. The van der Waals surface area contributed by atoms with Gasteiger partial charge in [0.1, 0.15) is 12.0 Å². The second-order valence-corrected chi connectivity index (χ2v) is 5.60. The summed E-state index contributed by atoms with van der Waals surface area (Å²) in [7, 11) is 1.74. The van der Waals surface area contributed by atoms with Crippen molar-refractivity contribution in [3.8, 4) is 0 Å². The average Bonchev–Trinajstić information content (AvgIpc) is 2.51. The first-order chi connectivity index (χ1) is 10.6. The summed E-state index contributed by atoms with van der Waals surface area (Å²) in [4.78, 5) is 20.0. The molecule has 22 heavy (non-hydrogen) atoms. The summed E-state index contributed by atoms with van der Waals surface area (Å²) in [6, 6.07) is 7.22. The summed E-state index contributed by atoms with van der Waals surface area (Å²) >= 11 is 9.30. The van der Waals surface area contributed by atoms with Crippen molar-refractivity contribution in [3.63, 3.8) is 0 Å². The Morgan fingerprint density at radius 1 is 1.32 bits per heavy atom. The van der Waals surface area contributed by atoms with Gasteiger partial charge in [0.05, 0.1) is 0 Å². The normalized spacial score (nSPS) is 10.1. The van der Waals surface area contributed by atoms with E-state index < -0.39 is 0 Å². The number of carbonyl (C=O) groups is 1. The molecule has 0 saturated heterocycles. The number of nitrogens with zero attached hydrogens (tertiary/aromatic N) is 2. The lowest BCUT2D eigenvalue weighted by Gasteiger charge is -2.11. The molecule has 2 rings (SSSR count). The zero-order valence-electron chi connectivity index (χ0n) is 11.9. The number of anilines is 2. The standard InChI is InChI=1S/C14H15BrClN5O/c1-17-11-12(16)20-8-21-13(11)18-5-6-19-14(22)9-3-2-4-10(15)7-9/h2-4,7-8,17H,5-6H2,1H3,(H,19,22)(H,18,20,21). The van der Waals surface area contributed by atoms with Crippen LogP contribution in [0.15, 0.2) is 35.1 Å². The fourth-order valence-corrected chi connectivity index (χ4v) is 2.44. The van der Waals surface area contributed by atoms with Gasteiger partial charge in [-0.15, -0.1) is 0 Å². The molecular formula is C14H15BrClN5O. The number of aromatic nitrogens is 2. The zero-order chi connectivity index (χ0) is 15.9. The molecule has 0 aliphatic rings. The summed E-state index contributed by atoms with van der Waals surface area (Å²) in [6.45, 7) is 0.970. The second-order valence-electron chi connectivity index (χ2n) is 4.33. The van der Waals surface area contributed by atoms with Gasteiger partial charge >= 0.3 is 0 Å². The van der Waals surface area contributed by atoms with Gasteiger partial charge in [0, 0.05) is 30.2 Å². The van der Waals surface area contributed by atoms with Gasteiger partial charge in [-0.3, -0.25) is 4.79 Å². The van der Waals surface area contributed by atoms with E-state index >= 15 is 0 Å². The number of nitrogens with one attached hydrogen (secondary N) is 3. The summed E-state index contributed by atoms with van der Waals surface area (Å²) in [5.41, 5.74) is 1.23. The highest BCUT2D eigenvalue weighted by Crippen LogP contribution is 2.24. The van der Waals surface area contributed by atoms with Gasteiger partial charge in [-0.25, -0.2) is 9.97 Å². The SMILES string of the molecule is CNc1c(Cl)ncnc1NCCNC(=O)c1cccc(Br)c1. The summed E-state index contributed by atoms with van der Waals surface area (Å²) in [5.74, 6) is 0.469. The Kier molecular flexibility index (Phi) is 5.97. The molecule has 8 heteroatoms. The molecule has 0 bridgehead atoms. The van der Waals surface area contributed by atoms with E-state index in [0.29, 0.717) is 35.3 Å². The molecule has 6 nitrogen and oxygen atoms in total. The Morgan fingerprint density at radius 2 is 2.14 bits per heavy atom. The topological polar surface area (TPSA) is 78.9 Å². The van der Waals surface area contributed by atoms with Crippen molar-refractivity contribution in [2.24, 2.45) is 0 Å². The lowest BCUT2D eigenvalue weighted by atomic mass is 10.2. The molecule has 0 saturated carbocycles. The lowest BCUT2D eigenvalue weighted by molar-refractivity contribution is 0.0955. The van der Waals surface area contributed by atoms with E-state index in [0.717, 1.165) is 4.47 Å². The maximum absolute atomic E-state index is 12.0. The van der Waals surface area contributed by atoms with Crippen LogP contribution in [0.1, 0.15) is 10.4 Å². The van der Waals surface area contributed by atoms with Crippen LogP contribution < -0.4 is 16.0 Å². The quantitative estimate of drug-likeness (QED) is 0.527. The number of benzene rings is 1. The predicted octanol–water partition coefficient (Wildman–Crippen LogP) is 2.78. The van der Waals surface area contributed by atoms with Crippen molar-refractivity contribution in [1.82, 2.24) is 15.3 Å². The first-order valence-electron chi connectivity index (χ1n) is 6.57. The number of amides is 1. The monoisotopic (exact) mass is 383 g/mol. The van der Waals surface area contributed by atoms with Gasteiger partial charge in [-0.05, 0) is 18.2 Å². The summed E-state index contributed by atoms with van der Waals surface area (Å²) in [6.07, 6.45) is 1.38. The van der Waals surface area contributed by atoms with E-state index in [4.69, 9.17) is 11.6 Å². The van der Waals surface area contributed by atoms with Gasteiger partial charge in [-0.2, -0.15) is 0 Å². The van der Waals surface area contributed by atoms with Crippen LogP contribution in [0.25, 0.3) is 0 Å². The van der Waals surface area contributed by atoms with E-state index in [2.05, 4.69) is 41.8 Å². The largest absolute Gasteiger partial charge is 0.383 e. The molecule has 0 fully saturated rings. The smallest absolute Gasteiger partial charge is 0.251 e. The highest BCUT2D eigenvalue weighted by atomic mass is 79.9. The van der Waals surface area contributed by atoms with Gasteiger partial charge in [0.25, 0.3) is 5.91 Å².